The van der Waals surface area contributed by atoms with E-state index in [1.807, 2.05) is 19.1 Å². The van der Waals surface area contributed by atoms with E-state index in [0.717, 1.165) is 31.8 Å². The molecule has 0 aliphatic carbocycles. The van der Waals surface area contributed by atoms with Crippen molar-refractivity contribution in [2.75, 3.05) is 25.9 Å². The van der Waals surface area contributed by atoms with E-state index in [-0.39, 0.29) is 12.0 Å². The van der Waals surface area contributed by atoms with Crippen LogP contribution in [-0.2, 0) is 0 Å². The Balaban J connectivity index is 1.66. The van der Waals surface area contributed by atoms with E-state index in [2.05, 4.69) is 22.2 Å². The first-order valence-electron chi connectivity index (χ1n) is 10.1. The Kier molecular flexibility index (Phi) is 4.79. The molecular formula is C22H23N5O3S. The zero-order valence-corrected chi connectivity index (χ0v) is 18.1. The second-order valence-corrected chi connectivity index (χ2v) is 8.92. The summed E-state index contributed by atoms with van der Waals surface area (Å²) in [7, 11) is 1.67. The number of carbonyl (C=O) groups excluding carboxylic acids is 1. The molecule has 0 radical (unpaired) electrons. The highest BCUT2D eigenvalue weighted by molar-refractivity contribution is 7.22. The Morgan fingerprint density at radius 1 is 1.26 bits per heavy atom. The summed E-state index contributed by atoms with van der Waals surface area (Å²) in [4.78, 5) is 20.2. The molecule has 0 saturated carbocycles. The molecule has 1 amide bonds. The third-order valence-electron chi connectivity index (χ3n) is 5.77. The molecule has 0 spiro atoms. The molecule has 9 heteroatoms. The molecule has 1 aliphatic rings. The SMILES string of the molecule is COc1cc(C)cc2cc(-c3cc(C(=O)N4CCC(O)CC4)n4ncnc(N)c34)sc12. The number of rotatable bonds is 3. The highest BCUT2D eigenvalue weighted by Crippen LogP contribution is 2.42. The van der Waals surface area contributed by atoms with Gasteiger partial charge in [-0.25, -0.2) is 9.50 Å². The summed E-state index contributed by atoms with van der Waals surface area (Å²) in [5, 5.41) is 15.2. The lowest BCUT2D eigenvalue weighted by atomic mass is 10.1. The summed E-state index contributed by atoms with van der Waals surface area (Å²) in [6.45, 7) is 3.07. The molecule has 8 nitrogen and oxygen atoms in total. The van der Waals surface area contributed by atoms with Crippen LogP contribution in [0.4, 0.5) is 5.82 Å². The summed E-state index contributed by atoms with van der Waals surface area (Å²) in [6.07, 6.45) is 2.17. The second kappa shape index (κ2) is 7.51. The lowest BCUT2D eigenvalue weighted by Gasteiger charge is -2.29. The van der Waals surface area contributed by atoms with Gasteiger partial charge in [0.15, 0.2) is 5.82 Å². The van der Waals surface area contributed by atoms with E-state index in [1.54, 1.807) is 27.9 Å². The fourth-order valence-corrected chi connectivity index (χ4v) is 5.34. The van der Waals surface area contributed by atoms with Crippen LogP contribution in [0.3, 0.4) is 0 Å². The number of thiophene rings is 1. The third kappa shape index (κ3) is 3.30. The van der Waals surface area contributed by atoms with Crippen molar-refractivity contribution in [3.05, 3.63) is 41.9 Å². The normalized spacial score (nSPS) is 15.1. The van der Waals surface area contributed by atoms with Gasteiger partial charge in [-0.2, -0.15) is 5.10 Å². The number of hydrogen-bond acceptors (Lipinski definition) is 7. The maximum atomic E-state index is 13.3. The van der Waals surface area contributed by atoms with Crippen molar-refractivity contribution in [1.29, 1.82) is 0 Å². The summed E-state index contributed by atoms with van der Waals surface area (Å²) in [5.74, 6) is 1.02. The predicted octanol–water partition coefficient (Wildman–Crippen LogP) is 3.11. The van der Waals surface area contributed by atoms with E-state index in [4.69, 9.17) is 10.5 Å². The van der Waals surface area contributed by atoms with Gasteiger partial charge in [0, 0.05) is 23.5 Å². The standard InChI is InChI=1S/C22H23N5O3S/c1-12-7-13-9-18(31-20(13)17(8-12)30-2)15-10-16(27-19(15)21(23)24-11-25-27)22(29)26-5-3-14(28)4-6-26/h7-11,14,28H,3-6H2,1-2H3,(H2,23,24,25). The Morgan fingerprint density at radius 3 is 2.77 bits per heavy atom. The van der Waals surface area contributed by atoms with Crippen LogP contribution in [-0.4, -0.2) is 56.8 Å². The molecule has 3 N–H and O–H groups in total. The van der Waals surface area contributed by atoms with Gasteiger partial charge < -0.3 is 20.5 Å². The number of nitrogens with zero attached hydrogens (tertiary/aromatic N) is 4. The zero-order valence-electron chi connectivity index (χ0n) is 17.3. The first-order valence-corrected chi connectivity index (χ1v) is 11.0. The number of aliphatic hydroxyl groups excluding tert-OH is 1. The van der Waals surface area contributed by atoms with Crippen LogP contribution in [0.15, 0.2) is 30.6 Å². The number of nitrogen functional groups attached to an aromatic ring is 1. The van der Waals surface area contributed by atoms with Crippen LogP contribution in [0.25, 0.3) is 26.0 Å². The number of piperidine rings is 1. The quantitative estimate of drug-likeness (QED) is 0.510. The number of fused-ring (bicyclic) bond motifs is 2. The van der Waals surface area contributed by atoms with Crippen LogP contribution in [0.5, 0.6) is 5.75 Å². The van der Waals surface area contributed by atoms with Crippen LogP contribution in [0.1, 0.15) is 28.9 Å². The van der Waals surface area contributed by atoms with Crippen molar-refractivity contribution in [2.45, 2.75) is 25.9 Å². The molecule has 1 saturated heterocycles. The Morgan fingerprint density at radius 2 is 2.03 bits per heavy atom. The molecule has 5 rings (SSSR count). The van der Waals surface area contributed by atoms with Gasteiger partial charge in [-0.1, -0.05) is 6.07 Å². The van der Waals surface area contributed by atoms with E-state index in [9.17, 15) is 9.90 Å². The van der Waals surface area contributed by atoms with Gasteiger partial charge in [-0.3, -0.25) is 4.79 Å². The molecule has 160 valence electrons. The molecule has 1 fully saturated rings. The topological polar surface area (TPSA) is 106 Å². The average Bonchev–Trinajstić information content (AvgIpc) is 3.35. The molecule has 0 atom stereocenters. The van der Waals surface area contributed by atoms with Gasteiger partial charge in [-0.05, 0) is 48.9 Å². The monoisotopic (exact) mass is 437 g/mol. The van der Waals surface area contributed by atoms with Crippen molar-refractivity contribution in [3.8, 4) is 16.2 Å². The number of aromatic nitrogens is 3. The highest BCUT2D eigenvalue weighted by atomic mass is 32.1. The van der Waals surface area contributed by atoms with Crippen molar-refractivity contribution in [1.82, 2.24) is 19.5 Å². The van der Waals surface area contributed by atoms with Gasteiger partial charge in [0.05, 0.1) is 17.9 Å². The van der Waals surface area contributed by atoms with Crippen molar-refractivity contribution in [2.24, 2.45) is 0 Å². The molecule has 0 bridgehead atoms. The molecule has 0 unspecified atom stereocenters. The Hall–Kier alpha value is -3.17. The lowest BCUT2D eigenvalue weighted by Crippen LogP contribution is -2.40. The minimum atomic E-state index is -0.348. The van der Waals surface area contributed by atoms with Gasteiger partial charge in [0.2, 0.25) is 0 Å². The number of benzene rings is 1. The molecule has 1 aromatic carbocycles. The van der Waals surface area contributed by atoms with Crippen molar-refractivity contribution >= 4 is 38.7 Å². The summed E-state index contributed by atoms with van der Waals surface area (Å²) in [6, 6.07) is 8.05. The number of aryl methyl sites for hydroxylation is 1. The fraction of sp³-hybridized carbons (Fsp3) is 0.318. The lowest BCUT2D eigenvalue weighted by molar-refractivity contribution is 0.0539. The number of nitrogens with two attached hydrogens (primary N) is 1. The van der Waals surface area contributed by atoms with E-state index in [0.29, 0.717) is 43.0 Å². The van der Waals surface area contributed by atoms with E-state index < -0.39 is 0 Å². The summed E-state index contributed by atoms with van der Waals surface area (Å²) in [5.41, 5.74) is 9.22. The third-order valence-corrected chi connectivity index (χ3v) is 6.96. The minimum absolute atomic E-state index is 0.124. The zero-order chi connectivity index (χ0) is 21.7. The Bertz CT molecular complexity index is 1300. The van der Waals surface area contributed by atoms with E-state index in [1.165, 1.54) is 6.33 Å². The minimum Gasteiger partial charge on any atom is -0.495 e. The van der Waals surface area contributed by atoms with Gasteiger partial charge in [0.25, 0.3) is 5.91 Å². The van der Waals surface area contributed by atoms with Crippen molar-refractivity contribution in [3.63, 3.8) is 0 Å². The Labute approximate surface area is 182 Å². The number of amides is 1. The molecule has 1 aliphatic heterocycles. The van der Waals surface area contributed by atoms with Gasteiger partial charge >= 0.3 is 0 Å². The first-order chi connectivity index (χ1) is 15.0. The number of aliphatic hydroxyl groups is 1. The number of likely N-dealkylation sites (tertiary alicyclic amines) is 1. The maximum absolute atomic E-state index is 13.3. The smallest absolute Gasteiger partial charge is 0.272 e. The number of hydrogen-bond donors (Lipinski definition) is 2. The van der Waals surface area contributed by atoms with Crippen LogP contribution >= 0.6 is 11.3 Å². The van der Waals surface area contributed by atoms with Gasteiger partial charge in [0.1, 0.15) is 23.3 Å². The fourth-order valence-electron chi connectivity index (χ4n) is 4.19. The number of methoxy groups -OCH3 is 1. The molecule has 31 heavy (non-hydrogen) atoms. The first kappa shape index (κ1) is 19.8. The highest BCUT2D eigenvalue weighted by Gasteiger charge is 2.27. The number of anilines is 1. The number of carbonyl (C=O) groups is 1. The second-order valence-electron chi connectivity index (χ2n) is 7.87. The van der Waals surface area contributed by atoms with Crippen LogP contribution in [0.2, 0.25) is 0 Å². The summed E-state index contributed by atoms with van der Waals surface area (Å²) < 4.78 is 8.19. The average molecular weight is 438 g/mol. The van der Waals surface area contributed by atoms with E-state index >= 15 is 0 Å². The maximum Gasteiger partial charge on any atom is 0.272 e. The largest absolute Gasteiger partial charge is 0.495 e. The number of ether oxygens (including phenoxy) is 1. The predicted molar refractivity (Wildman–Crippen MR) is 121 cm³/mol. The van der Waals surface area contributed by atoms with Gasteiger partial charge in [-0.15, -0.1) is 11.3 Å². The molecule has 4 heterocycles. The molecule has 3 aromatic heterocycles. The molecule has 4 aromatic rings. The summed E-state index contributed by atoms with van der Waals surface area (Å²) >= 11 is 1.59. The van der Waals surface area contributed by atoms with Crippen LogP contribution in [0, 0.1) is 6.92 Å². The van der Waals surface area contributed by atoms with Crippen LogP contribution < -0.4 is 10.5 Å². The molecular weight excluding hydrogens is 414 g/mol. The van der Waals surface area contributed by atoms with Crippen molar-refractivity contribution < 1.29 is 14.6 Å².